The molecule has 20 heavy (non-hydrogen) atoms. The van der Waals surface area contributed by atoms with Crippen molar-refractivity contribution in [3.8, 4) is 6.07 Å². The summed E-state index contributed by atoms with van der Waals surface area (Å²) in [6.45, 7) is 0. The lowest BCUT2D eigenvalue weighted by Gasteiger charge is -2.06. The zero-order valence-corrected chi connectivity index (χ0v) is 11.2. The maximum atomic E-state index is 11.8. The van der Waals surface area contributed by atoms with Gasteiger partial charge in [0.1, 0.15) is 5.38 Å². The van der Waals surface area contributed by atoms with Crippen LogP contribution < -0.4 is 0 Å². The summed E-state index contributed by atoms with van der Waals surface area (Å²) in [7, 11) is 0. The number of alkyl halides is 1. The maximum Gasteiger partial charge on any atom is 0.269 e. The van der Waals surface area contributed by atoms with Crippen molar-refractivity contribution in [1.82, 2.24) is 0 Å². The fourth-order valence-electron chi connectivity index (χ4n) is 1.51. The fourth-order valence-corrected chi connectivity index (χ4v) is 1.76. The van der Waals surface area contributed by atoms with E-state index in [1.54, 1.807) is 0 Å². The third-order valence-corrected chi connectivity index (χ3v) is 3.01. The molecule has 1 unspecified atom stereocenters. The quantitative estimate of drug-likeness (QED) is 0.192. The lowest BCUT2D eigenvalue weighted by Crippen LogP contribution is -2.24. The van der Waals surface area contributed by atoms with E-state index < -0.39 is 21.9 Å². The van der Waals surface area contributed by atoms with Crippen molar-refractivity contribution in [1.29, 1.82) is 5.26 Å². The van der Waals surface area contributed by atoms with Gasteiger partial charge in [0.2, 0.25) is 11.6 Å². The van der Waals surface area contributed by atoms with Gasteiger partial charge in [-0.15, -0.1) is 11.6 Å². The SMILES string of the molecule is N#CCCCC(Cl)C(=O)C(=O)c1ccc([N+](=O)[O-])cc1. The molecule has 0 saturated heterocycles. The van der Waals surface area contributed by atoms with E-state index >= 15 is 0 Å². The maximum absolute atomic E-state index is 11.8. The second kappa shape index (κ2) is 7.36. The Kier molecular flexibility index (Phi) is 5.81. The van der Waals surface area contributed by atoms with E-state index in [-0.39, 0.29) is 24.1 Å². The van der Waals surface area contributed by atoms with Crippen molar-refractivity contribution in [3.05, 3.63) is 39.9 Å². The first-order valence-electron chi connectivity index (χ1n) is 5.81. The molecule has 1 rings (SSSR count). The van der Waals surface area contributed by atoms with Gasteiger partial charge >= 0.3 is 0 Å². The standard InChI is InChI=1S/C13H11ClN2O4/c14-11(3-1-2-8-15)13(18)12(17)9-4-6-10(7-5-9)16(19)20/h4-7,11H,1-3H2. The van der Waals surface area contributed by atoms with Crippen LogP contribution in [-0.4, -0.2) is 21.9 Å². The van der Waals surface area contributed by atoms with Gasteiger partial charge in [0.05, 0.1) is 11.0 Å². The van der Waals surface area contributed by atoms with Crippen LogP contribution in [0.2, 0.25) is 0 Å². The van der Waals surface area contributed by atoms with Crippen LogP contribution in [0.5, 0.6) is 0 Å². The molecule has 0 amide bonds. The molecule has 0 radical (unpaired) electrons. The van der Waals surface area contributed by atoms with Crippen molar-refractivity contribution in [2.75, 3.05) is 0 Å². The summed E-state index contributed by atoms with van der Waals surface area (Å²) in [4.78, 5) is 33.5. The number of rotatable bonds is 7. The number of carbonyl (C=O) groups excluding carboxylic acids is 2. The predicted molar refractivity (Wildman–Crippen MR) is 71.5 cm³/mol. The highest BCUT2D eigenvalue weighted by atomic mass is 35.5. The molecular weight excluding hydrogens is 284 g/mol. The Hall–Kier alpha value is -2.26. The molecule has 0 bridgehead atoms. The first-order chi connectivity index (χ1) is 9.47. The molecule has 0 aliphatic heterocycles. The average molecular weight is 295 g/mol. The number of nitro benzene ring substituents is 1. The Morgan fingerprint density at radius 1 is 1.35 bits per heavy atom. The summed E-state index contributed by atoms with van der Waals surface area (Å²) >= 11 is 5.81. The normalized spacial score (nSPS) is 11.4. The molecule has 0 aliphatic carbocycles. The molecule has 6 nitrogen and oxygen atoms in total. The smallest absolute Gasteiger partial charge is 0.269 e. The fraction of sp³-hybridized carbons (Fsp3) is 0.308. The Labute approximate surface area is 120 Å². The van der Waals surface area contributed by atoms with Crippen molar-refractivity contribution in [2.45, 2.75) is 24.6 Å². The second-order valence-corrected chi connectivity index (χ2v) is 4.54. The zero-order valence-electron chi connectivity index (χ0n) is 10.4. The second-order valence-electron chi connectivity index (χ2n) is 4.02. The van der Waals surface area contributed by atoms with Gasteiger partial charge in [0.25, 0.3) is 5.69 Å². The largest absolute Gasteiger partial charge is 0.289 e. The monoisotopic (exact) mass is 294 g/mol. The van der Waals surface area contributed by atoms with Crippen molar-refractivity contribution >= 4 is 28.9 Å². The topological polar surface area (TPSA) is 101 Å². The number of ketones is 2. The molecule has 0 heterocycles. The summed E-state index contributed by atoms with van der Waals surface area (Å²) in [6.07, 6.45) is 0.943. The van der Waals surface area contributed by atoms with E-state index in [4.69, 9.17) is 16.9 Å². The number of nitro groups is 1. The van der Waals surface area contributed by atoms with Gasteiger partial charge in [-0.3, -0.25) is 19.7 Å². The van der Waals surface area contributed by atoms with Crippen LogP contribution in [0.25, 0.3) is 0 Å². The van der Waals surface area contributed by atoms with Gasteiger partial charge in [0.15, 0.2) is 0 Å². The van der Waals surface area contributed by atoms with E-state index in [9.17, 15) is 19.7 Å². The molecule has 1 atom stereocenters. The molecule has 104 valence electrons. The van der Waals surface area contributed by atoms with E-state index in [0.29, 0.717) is 6.42 Å². The van der Waals surface area contributed by atoms with Crippen LogP contribution in [0.1, 0.15) is 29.6 Å². The molecular formula is C13H11ClN2O4. The highest BCUT2D eigenvalue weighted by Gasteiger charge is 2.24. The number of unbranched alkanes of at least 4 members (excludes halogenated alkanes) is 1. The van der Waals surface area contributed by atoms with Gasteiger partial charge in [-0.25, -0.2) is 0 Å². The van der Waals surface area contributed by atoms with Crippen LogP contribution >= 0.6 is 11.6 Å². The highest BCUT2D eigenvalue weighted by Crippen LogP contribution is 2.15. The number of halogens is 1. The molecule has 0 aliphatic rings. The lowest BCUT2D eigenvalue weighted by molar-refractivity contribution is -0.384. The van der Waals surface area contributed by atoms with Crippen molar-refractivity contribution in [3.63, 3.8) is 0 Å². The van der Waals surface area contributed by atoms with E-state index in [2.05, 4.69) is 0 Å². The minimum absolute atomic E-state index is 0.0616. The third kappa shape index (κ3) is 4.14. The molecule has 0 N–H and O–H groups in total. The number of nitrogens with zero attached hydrogens (tertiary/aromatic N) is 2. The highest BCUT2D eigenvalue weighted by molar-refractivity contribution is 6.53. The van der Waals surface area contributed by atoms with E-state index in [0.717, 1.165) is 12.1 Å². The number of benzene rings is 1. The number of Topliss-reactive ketones (excluding diaryl/α,β-unsaturated/α-hetero) is 2. The number of hydrogen-bond acceptors (Lipinski definition) is 5. The molecule has 1 aromatic rings. The van der Waals surface area contributed by atoms with Gasteiger partial charge in [-0.05, 0) is 25.0 Å². The molecule has 0 aromatic heterocycles. The Morgan fingerprint density at radius 2 is 1.95 bits per heavy atom. The van der Waals surface area contributed by atoms with Crippen molar-refractivity contribution < 1.29 is 14.5 Å². The Bertz CT molecular complexity index is 563. The van der Waals surface area contributed by atoms with Crippen LogP contribution in [0, 0.1) is 21.4 Å². The molecule has 0 fully saturated rings. The predicted octanol–water partition coefficient (Wildman–Crippen LogP) is 2.65. The number of non-ortho nitro benzene ring substituents is 1. The lowest BCUT2D eigenvalue weighted by atomic mass is 10.0. The molecule has 7 heteroatoms. The van der Waals surface area contributed by atoms with Crippen LogP contribution in [-0.2, 0) is 4.79 Å². The zero-order chi connectivity index (χ0) is 15.1. The van der Waals surface area contributed by atoms with Gasteiger partial charge < -0.3 is 0 Å². The number of hydrogen-bond donors (Lipinski definition) is 0. The minimum Gasteiger partial charge on any atom is -0.289 e. The van der Waals surface area contributed by atoms with Crippen LogP contribution in [0.15, 0.2) is 24.3 Å². The van der Waals surface area contributed by atoms with Crippen LogP contribution in [0.3, 0.4) is 0 Å². The van der Waals surface area contributed by atoms with E-state index in [1.165, 1.54) is 12.1 Å². The molecule has 0 saturated carbocycles. The van der Waals surface area contributed by atoms with Gasteiger partial charge in [0, 0.05) is 24.1 Å². The summed E-state index contributed by atoms with van der Waals surface area (Å²) < 4.78 is 0. The number of carbonyl (C=O) groups is 2. The van der Waals surface area contributed by atoms with Gasteiger partial charge in [-0.1, -0.05) is 0 Å². The van der Waals surface area contributed by atoms with Crippen molar-refractivity contribution in [2.24, 2.45) is 0 Å². The molecule has 0 spiro atoms. The minimum atomic E-state index is -0.981. The first-order valence-corrected chi connectivity index (χ1v) is 6.25. The average Bonchev–Trinajstić information content (AvgIpc) is 2.46. The third-order valence-electron chi connectivity index (χ3n) is 2.59. The summed E-state index contributed by atoms with van der Waals surface area (Å²) in [6, 6.07) is 6.66. The Morgan fingerprint density at radius 3 is 2.45 bits per heavy atom. The summed E-state index contributed by atoms with van der Waals surface area (Å²) in [5.41, 5.74) is -0.100. The Balaban J connectivity index is 2.71. The van der Waals surface area contributed by atoms with E-state index in [1.807, 2.05) is 6.07 Å². The molecule has 1 aromatic carbocycles. The first kappa shape index (κ1) is 15.8. The van der Waals surface area contributed by atoms with Crippen LogP contribution in [0.4, 0.5) is 5.69 Å². The number of nitriles is 1. The summed E-state index contributed by atoms with van der Waals surface area (Å²) in [5, 5.41) is 17.9. The van der Waals surface area contributed by atoms with Gasteiger partial charge in [-0.2, -0.15) is 5.26 Å². The summed E-state index contributed by atoms with van der Waals surface area (Å²) in [5.74, 6) is -1.55.